The second kappa shape index (κ2) is 8.34. The van der Waals surface area contributed by atoms with Gasteiger partial charge in [-0.25, -0.2) is 4.79 Å². The third-order valence-corrected chi connectivity index (χ3v) is 5.73. The number of aliphatic hydroxyl groups is 1. The highest BCUT2D eigenvalue weighted by Gasteiger charge is 2.44. The Hall–Kier alpha value is -3.47. The number of cyclic esters (lactones) is 1. The van der Waals surface area contributed by atoms with Gasteiger partial charge in [0.2, 0.25) is 0 Å². The van der Waals surface area contributed by atoms with Crippen LogP contribution >= 0.6 is 0 Å². The molecule has 0 spiro atoms. The van der Waals surface area contributed by atoms with Crippen LogP contribution in [-0.2, 0) is 14.3 Å². The quantitative estimate of drug-likeness (QED) is 0.464. The molecule has 4 aromatic rings. The van der Waals surface area contributed by atoms with Gasteiger partial charge in [-0.2, -0.15) is 0 Å². The Balaban J connectivity index is 1.53. The van der Waals surface area contributed by atoms with Gasteiger partial charge in [0.05, 0.1) is 0 Å². The molecule has 4 nitrogen and oxygen atoms in total. The summed E-state index contributed by atoms with van der Waals surface area (Å²) in [6, 6.07) is 32.7. The zero-order chi connectivity index (χ0) is 21.2. The topological polar surface area (TPSA) is 55.8 Å². The molecular weight excluding hydrogens is 388 g/mol. The number of fused-ring (bicyclic) bond motifs is 1. The van der Waals surface area contributed by atoms with Gasteiger partial charge in [-0.1, -0.05) is 103 Å². The lowest BCUT2D eigenvalue weighted by atomic mass is 9.93. The second-order valence-electron chi connectivity index (χ2n) is 7.67. The van der Waals surface area contributed by atoms with Crippen molar-refractivity contribution in [2.45, 2.75) is 24.4 Å². The van der Waals surface area contributed by atoms with Crippen molar-refractivity contribution >= 4 is 16.7 Å². The van der Waals surface area contributed by atoms with Crippen molar-refractivity contribution in [2.24, 2.45) is 0 Å². The maximum absolute atomic E-state index is 13.0. The molecule has 5 rings (SSSR count). The van der Waals surface area contributed by atoms with E-state index in [4.69, 9.17) is 9.47 Å². The zero-order valence-corrected chi connectivity index (χ0v) is 16.8. The summed E-state index contributed by atoms with van der Waals surface area (Å²) >= 11 is 0. The molecule has 154 valence electrons. The third kappa shape index (κ3) is 3.72. The highest BCUT2D eigenvalue weighted by molar-refractivity contribution is 5.87. The minimum atomic E-state index is -1.15. The van der Waals surface area contributed by atoms with Gasteiger partial charge in [-0.3, -0.25) is 0 Å². The summed E-state index contributed by atoms with van der Waals surface area (Å²) in [5.74, 6) is -0.568. The number of carbonyl (C=O) groups excluding carboxylic acids is 1. The first-order chi connectivity index (χ1) is 15.2. The lowest BCUT2D eigenvalue weighted by Gasteiger charge is -2.38. The van der Waals surface area contributed by atoms with Gasteiger partial charge in [-0.15, -0.1) is 0 Å². The van der Waals surface area contributed by atoms with Gasteiger partial charge < -0.3 is 14.6 Å². The molecule has 0 bridgehead atoms. The molecule has 0 aliphatic carbocycles. The standard InChI is InChI=1S/C27H22O4/c28-23(22-17-9-15-18-10-7-8-16-21(18)22)26-27(29)31-25(20-13-5-2-6-14-20)24(30-26)19-11-3-1-4-12-19/h1-17,23-26,28H/t23-,24-,25-,26-/m0/s1. The molecular formula is C27H22O4. The van der Waals surface area contributed by atoms with Crippen LogP contribution in [0.5, 0.6) is 0 Å². The second-order valence-corrected chi connectivity index (χ2v) is 7.67. The first-order valence-electron chi connectivity index (χ1n) is 10.3. The first kappa shape index (κ1) is 19.5. The number of aliphatic hydroxyl groups excluding tert-OH is 1. The Labute approximate surface area is 180 Å². The Morgan fingerprint density at radius 3 is 1.97 bits per heavy atom. The van der Waals surface area contributed by atoms with Crippen molar-refractivity contribution in [1.82, 2.24) is 0 Å². The normalized spacial score (nSPS) is 22.1. The SMILES string of the molecule is O=C1O[C@@H](c2ccccc2)[C@H](c2ccccc2)O[C@H]1[C@@H](O)c1cccc2ccccc12. The van der Waals surface area contributed by atoms with E-state index in [1.54, 1.807) is 0 Å². The van der Waals surface area contributed by atoms with Gasteiger partial charge in [0, 0.05) is 0 Å². The molecule has 0 saturated carbocycles. The third-order valence-electron chi connectivity index (χ3n) is 5.73. The molecule has 4 heteroatoms. The first-order valence-corrected chi connectivity index (χ1v) is 10.3. The minimum absolute atomic E-state index is 0.532. The zero-order valence-electron chi connectivity index (χ0n) is 16.8. The number of rotatable bonds is 4. The highest BCUT2D eigenvalue weighted by Crippen LogP contribution is 2.42. The Kier molecular flexibility index (Phi) is 5.24. The van der Waals surface area contributed by atoms with Crippen molar-refractivity contribution in [1.29, 1.82) is 0 Å². The summed E-state index contributed by atoms with van der Waals surface area (Å²) in [6.45, 7) is 0. The number of hydrogen-bond donors (Lipinski definition) is 1. The fourth-order valence-corrected chi connectivity index (χ4v) is 4.20. The van der Waals surface area contributed by atoms with E-state index in [1.165, 1.54) is 0 Å². The van der Waals surface area contributed by atoms with Gasteiger partial charge in [0.25, 0.3) is 0 Å². The molecule has 1 heterocycles. The molecule has 0 aromatic heterocycles. The van der Waals surface area contributed by atoms with Crippen LogP contribution in [0.4, 0.5) is 0 Å². The van der Waals surface area contributed by atoms with Crippen molar-refractivity contribution in [3.05, 3.63) is 120 Å². The van der Waals surface area contributed by atoms with Crippen LogP contribution in [0.1, 0.15) is 35.0 Å². The largest absolute Gasteiger partial charge is 0.452 e. The van der Waals surface area contributed by atoms with E-state index < -0.39 is 30.4 Å². The van der Waals surface area contributed by atoms with Gasteiger partial charge >= 0.3 is 5.97 Å². The van der Waals surface area contributed by atoms with Gasteiger partial charge in [0.15, 0.2) is 12.2 Å². The lowest BCUT2D eigenvalue weighted by molar-refractivity contribution is -0.216. The van der Waals surface area contributed by atoms with Crippen LogP contribution in [0, 0.1) is 0 Å². The summed E-state index contributed by atoms with van der Waals surface area (Å²) in [7, 11) is 0. The van der Waals surface area contributed by atoms with Crippen LogP contribution in [-0.4, -0.2) is 17.2 Å². The number of ether oxygens (including phenoxy) is 2. The monoisotopic (exact) mass is 410 g/mol. The maximum atomic E-state index is 13.0. The average molecular weight is 410 g/mol. The Morgan fingerprint density at radius 1 is 0.677 bits per heavy atom. The summed E-state index contributed by atoms with van der Waals surface area (Å²) in [5.41, 5.74) is 2.38. The predicted octanol–water partition coefficient (Wildman–Crippen LogP) is 5.30. The Morgan fingerprint density at radius 2 is 1.26 bits per heavy atom. The van der Waals surface area contributed by atoms with Crippen LogP contribution in [0.15, 0.2) is 103 Å². The molecule has 0 radical (unpaired) electrons. The van der Waals surface area contributed by atoms with Crippen LogP contribution in [0.2, 0.25) is 0 Å². The van der Waals surface area contributed by atoms with Crippen LogP contribution in [0.25, 0.3) is 10.8 Å². The van der Waals surface area contributed by atoms with E-state index in [0.29, 0.717) is 5.56 Å². The molecule has 1 aliphatic rings. The fourth-order valence-electron chi connectivity index (χ4n) is 4.20. The fraction of sp³-hybridized carbons (Fsp3) is 0.148. The summed E-state index contributed by atoms with van der Waals surface area (Å²) in [6.07, 6.45) is -3.40. The average Bonchev–Trinajstić information content (AvgIpc) is 2.84. The molecule has 1 saturated heterocycles. The van der Waals surface area contributed by atoms with E-state index in [2.05, 4.69) is 0 Å². The number of esters is 1. The van der Waals surface area contributed by atoms with E-state index >= 15 is 0 Å². The summed E-state index contributed by atoms with van der Waals surface area (Å²) < 4.78 is 12.2. The highest BCUT2D eigenvalue weighted by atomic mass is 16.6. The minimum Gasteiger partial charge on any atom is -0.452 e. The molecule has 0 amide bonds. The number of benzene rings is 4. The molecule has 31 heavy (non-hydrogen) atoms. The molecule has 1 aliphatic heterocycles. The lowest BCUT2D eigenvalue weighted by Crippen LogP contribution is -2.42. The Bertz CT molecular complexity index is 1180. The van der Waals surface area contributed by atoms with E-state index in [-0.39, 0.29) is 0 Å². The molecule has 4 aromatic carbocycles. The molecule has 1 fully saturated rings. The van der Waals surface area contributed by atoms with Crippen molar-refractivity contribution < 1.29 is 19.4 Å². The van der Waals surface area contributed by atoms with Crippen molar-refractivity contribution in [2.75, 3.05) is 0 Å². The van der Waals surface area contributed by atoms with E-state index in [0.717, 1.165) is 21.9 Å². The molecule has 4 atom stereocenters. The van der Waals surface area contributed by atoms with E-state index in [9.17, 15) is 9.90 Å². The van der Waals surface area contributed by atoms with Gasteiger partial charge in [-0.05, 0) is 27.5 Å². The summed E-state index contributed by atoms with van der Waals surface area (Å²) in [5, 5.41) is 13.1. The van der Waals surface area contributed by atoms with Crippen LogP contribution < -0.4 is 0 Å². The molecule has 1 N–H and O–H groups in total. The predicted molar refractivity (Wildman–Crippen MR) is 118 cm³/mol. The van der Waals surface area contributed by atoms with Gasteiger partial charge in [0.1, 0.15) is 12.2 Å². The smallest absolute Gasteiger partial charge is 0.339 e. The van der Waals surface area contributed by atoms with Crippen LogP contribution in [0.3, 0.4) is 0 Å². The van der Waals surface area contributed by atoms with E-state index in [1.807, 2.05) is 103 Å². The summed E-state index contributed by atoms with van der Waals surface area (Å²) in [4.78, 5) is 13.0. The maximum Gasteiger partial charge on any atom is 0.339 e. The van der Waals surface area contributed by atoms with Crippen molar-refractivity contribution in [3.8, 4) is 0 Å². The number of hydrogen-bond acceptors (Lipinski definition) is 4. The number of carbonyl (C=O) groups is 1. The van der Waals surface area contributed by atoms with Crippen molar-refractivity contribution in [3.63, 3.8) is 0 Å². The molecule has 0 unspecified atom stereocenters.